The van der Waals surface area contributed by atoms with E-state index in [1.54, 1.807) is 6.07 Å². The molecule has 1 fully saturated rings. The number of aromatic nitrogens is 2. The second-order valence-corrected chi connectivity index (χ2v) is 5.44. The summed E-state index contributed by atoms with van der Waals surface area (Å²) in [4.78, 5) is 9.07. The summed E-state index contributed by atoms with van der Waals surface area (Å²) in [5.41, 5.74) is 3.67. The molecule has 1 saturated carbocycles. The fourth-order valence-electron chi connectivity index (χ4n) is 2.26. The Kier molecular flexibility index (Phi) is 3.49. The summed E-state index contributed by atoms with van der Waals surface area (Å²) in [5.74, 6) is 0.449. The summed E-state index contributed by atoms with van der Waals surface area (Å²) in [6.07, 6.45) is 2.52. The monoisotopic (exact) mass is 271 g/mol. The third-order valence-corrected chi connectivity index (χ3v) is 3.49. The van der Waals surface area contributed by atoms with Crippen LogP contribution in [0.4, 0.5) is 4.39 Å². The number of hydrogen-bond acceptors (Lipinski definition) is 3. The minimum absolute atomic E-state index is 0.227. The van der Waals surface area contributed by atoms with Crippen LogP contribution in [0.1, 0.15) is 29.8 Å². The normalized spacial score (nSPS) is 14.6. The van der Waals surface area contributed by atoms with E-state index in [1.807, 2.05) is 19.9 Å². The van der Waals surface area contributed by atoms with E-state index in [2.05, 4.69) is 15.3 Å². The molecule has 1 aliphatic rings. The second kappa shape index (κ2) is 5.29. The molecule has 0 amide bonds. The van der Waals surface area contributed by atoms with Gasteiger partial charge in [0, 0.05) is 23.8 Å². The van der Waals surface area contributed by atoms with Crippen molar-refractivity contribution in [2.24, 2.45) is 0 Å². The summed E-state index contributed by atoms with van der Waals surface area (Å²) in [6, 6.07) is 7.37. The molecule has 0 unspecified atom stereocenters. The minimum Gasteiger partial charge on any atom is -0.308 e. The quantitative estimate of drug-likeness (QED) is 0.928. The zero-order chi connectivity index (χ0) is 14.1. The Labute approximate surface area is 118 Å². The third-order valence-electron chi connectivity index (χ3n) is 3.49. The van der Waals surface area contributed by atoms with Gasteiger partial charge in [-0.2, -0.15) is 0 Å². The van der Waals surface area contributed by atoms with Gasteiger partial charge < -0.3 is 5.32 Å². The molecule has 20 heavy (non-hydrogen) atoms. The van der Waals surface area contributed by atoms with Crippen LogP contribution < -0.4 is 5.32 Å². The van der Waals surface area contributed by atoms with E-state index < -0.39 is 0 Å². The smallest absolute Gasteiger partial charge is 0.159 e. The molecule has 1 aromatic heterocycles. The van der Waals surface area contributed by atoms with Gasteiger partial charge in [-0.25, -0.2) is 14.4 Å². The highest BCUT2D eigenvalue weighted by Gasteiger charge is 2.20. The molecule has 1 aliphatic carbocycles. The van der Waals surface area contributed by atoms with Crippen molar-refractivity contribution in [3.8, 4) is 11.4 Å². The highest BCUT2D eigenvalue weighted by atomic mass is 19.1. The van der Waals surface area contributed by atoms with Crippen LogP contribution in [0.2, 0.25) is 0 Å². The molecule has 0 aliphatic heterocycles. The zero-order valence-electron chi connectivity index (χ0n) is 11.8. The Bertz CT molecular complexity index is 636. The van der Waals surface area contributed by atoms with Gasteiger partial charge in [-0.05, 0) is 56.5 Å². The lowest BCUT2D eigenvalue weighted by molar-refractivity contribution is 0.626. The van der Waals surface area contributed by atoms with Crippen molar-refractivity contribution in [2.45, 2.75) is 39.3 Å². The molecule has 2 aromatic rings. The predicted octanol–water partition coefficient (Wildman–Crippen LogP) is 3.15. The van der Waals surface area contributed by atoms with Crippen molar-refractivity contribution >= 4 is 0 Å². The Morgan fingerprint density at radius 3 is 2.70 bits per heavy atom. The highest BCUT2D eigenvalue weighted by molar-refractivity contribution is 5.60. The van der Waals surface area contributed by atoms with Crippen LogP contribution in [0, 0.1) is 19.7 Å². The lowest BCUT2D eigenvalue weighted by Gasteiger charge is -2.09. The van der Waals surface area contributed by atoms with Crippen molar-refractivity contribution in [3.05, 3.63) is 47.0 Å². The molecule has 0 radical (unpaired) electrons. The Morgan fingerprint density at radius 1 is 1.20 bits per heavy atom. The van der Waals surface area contributed by atoms with Gasteiger partial charge in [0.1, 0.15) is 5.82 Å². The fourth-order valence-corrected chi connectivity index (χ4v) is 2.26. The van der Waals surface area contributed by atoms with Crippen molar-refractivity contribution in [3.63, 3.8) is 0 Å². The molecule has 4 heteroatoms. The molecule has 3 rings (SSSR count). The standard InChI is InChI=1S/C16H18FN3/c1-10-7-12(17)3-6-15(10)16-19-11(2)8-14(20-16)9-18-13-4-5-13/h3,6-8,13,18H,4-5,9H2,1-2H3. The topological polar surface area (TPSA) is 37.8 Å². The molecular weight excluding hydrogens is 253 g/mol. The van der Waals surface area contributed by atoms with Crippen LogP contribution in [0.5, 0.6) is 0 Å². The van der Waals surface area contributed by atoms with E-state index >= 15 is 0 Å². The van der Waals surface area contributed by atoms with Crippen LogP contribution in [0.15, 0.2) is 24.3 Å². The lowest BCUT2D eigenvalue weighted by Crippen LogP contribution is -2.16. The number of halogens is 1. The van der Waals surface area contributed by atoms with Gasteiger partial charge in [0.05, 0.1) is 5.69 Å². The van der Waals surface area contributed by atoms with E-state index in [9.17, 15) is 4.39 Å². The van der Waals surface area contributed by atoms with Gasteiger partial charge in [0.15, 0.2) is 5.82 Å². The average Bonchev–Trinajstić information content (AvgIpc) is 3.19. The molecule has 0 spiro atoms. The van der Waals surface area contributed by atoms with E-state index in [4.69, 9.17) is 0 Å². The molecule has 104 valence electrons. The Balaban J connectivity index is 1.91. The average molecular weight is 271 g/mol. The summed E-state index contributed by atoms with van der Waals surface area (Å²) in [6.45, 7) is 4.61. The van der Waals surface area contributed by atoms with Crippen LogP contribution in [0.3, 0.4) is 0 Å². The van der Waals surface area contributed by atoms with Crippen molar-refractivity contribution in [2.75, 3.05) is 0 Å². The number of benzene rings is 1. The first-order chi connectivity index (χ1) is 9.61. The van der Waals surface area contributed by atoms with Gasteiger partial charge in [0.2, 0.25) is 0 Å². The fraction of sp³-hybridized carbons (Fsp3) is 0.375. The molecule has 1 heterocycles. The van der Waals surface area contributed by atoms with Gasteiger partial charge in [-0.15, -0.1) is 0 Å². The van der Waals surface area contributed by atoms with Gasteiger partial charge >= 0.3 is 0 Å². The second-order valence-electron chi connectivity index (χ2n) is 5.44. The molecule has 0 saturated heterocycles. The molecule has 0 atom stereocenters. The van der Waals surface area contributed by atoms with Crippen molar-refractivity contribution < 1.29 is 4.39 Å². The summed E-state index contributed by atoms with van der Waals surface area (Å²) in [7, 11) is 0. The highest BCUT2D eigenvalue weighted by Crippen LogP contribution is 2.22. The first-order valence-electron chi connectivity index (χ1n) is 6.96. The lowest BCUT2D eigenvalue weighted by atomic mass is 10.1. The SMILES string of the molecule is Cc1cc(CNC2CC2)nc(-c2ccc(F)cc2C)n1. The van der Waals surface area contributed by atoms with Gasteiger partial charge in [-0.1, -0.05) is 0 Å². The van der Waals surface area contributed by atoms with Crippen molar-refractivity contribution in [1.82, 2.24) is 15.3 Å². The first-order valence-corrected chi connectivity index (χ1v) is 6.96. The summed E-state index contributed by atoms with van der Waals surface area (Å²) < 4.78 is 13.2. The first kappa shape index (κ1) is 13.2. The van der Waals surface area contributed by atoms with Crippen LogP contribution in [0.25, 0.3) is 11.4 Å². The zero-order valence-corrected chi connectivity index (χ0v) is 11.8. The Hall–Kier alpha value is -1.81. The van der Waals surface area contributed by atoms with Gasteiger partial charge in [0.25, 0.3) is 0 Å². The summed E-state index contributed by atoms with van der Waals surface area (Å²) in [5, 5.41) is 3.45. The van der Waals surface area contributed by atoms with E-state index in [0.29, 0.717) is 11.9 Å². The molecule has 0 bridgehead atoms. The van der Waals surface area contributed by atoms with Gasteiger partial charge in [-0.3, -0.25) is 0 Å². The number of hydrogen-bond donors (Lipinski definition) is 1. The Morgan fingerprint density at radius 2 is 2.00 bits per heavy atom. The van der Waals surface area contributed by atoms with Crippen LogP contribution in [-0.4, -0.2) is 16.0 Å². The minimum atomic E-state index is -0.227. The van der Waals surface area contributed by atoms with Crippen LogP contribution >= 0.6 is 0 Å². The number of rotatable bonds is 4. The van der Waals surface area contributed by atoms with Crippen LogP contribution in [-0.2, 0) is 6.54 Å². The molecular formula is C16H18FN3. The largest absolute Gasteiger partial charge is 0.308 e. The number of aryl methyl sites for hydroxylation is 2. The van der Waals surface area contributed by atoms with E-state index in [1.165, 1.54) is 25.0 Å². The maximum absolute atomic E-state index is 13.2. The number of nitrogens with one attached hydrogen (secondary N) is 1. The predicted molar refractivity (Wildman–Crippen MR) is 76.8 cm³/mol. The molecule has 1 aromatic carbocycles. The maximum atomic E-state index is 13.2. The number of nitrogens with zero attached hydrogens (tertiary/aromatic N) is 2. The molecule has 1 N–H and O–H groups in total. The molecule has 3 nitrogen and oxygen atoms in total. The van der Waals surface area contributed by atoms with E-state index in [0.717, 1.165) is 29.1 Å². The third kappa shape index (κ3) is 3.02. The summed E-state index contributed by atoms with van der Waals surface area (Å²) >= 11 is 0. The van der Waals surface area contributed by atoms with E-state index in [-0.39, 0.29) is 5.82 Å². The maximum Gasteiger partial charge on any atom is 0.159 e. The van der Waals surface area contributed by atoms with Crippen molar-refractivity contribution in [1.29, 1.82) is 0 Å².